The molecule has 0 bridgehead atoms. The van der Waals surface area contributed by atoms with E-state index in [0.29, 0.717) is 12.1 Å². The van der Waals surface area contributed by atoms with Crippen molar-refractivity contribution in [3.8, 4) is 5.75 Å². The van der Waals surface area contributed by atoms with Crippen LogP contribution in [0.15, 0.2) is 48.5 Å². The fourth-order valence-electron chi connectivity index (χ4n) is 2.14. The highest BCUT2D eigenvalue weighted by Crippen LogP contribution is 2.25. The van der Waals surface area contributed by atoms with Crippen LogP contribution >= 0.6 is 0 Å². The normalized spacial score (nSPS) is 11.2. The van der Waals surface area contributed by atoms with Crippen LogP contribution in [0.1, 0.15) is 24.0 Å². The van der Waals surface area contributed by atoms with Crippen molar-refractivity contribution < 1.29 is 14.6 Å². The van der Waals surface area contributed by atoms with Crippen molar-refractivity contribution >= 4 is 23.3 Å². The average molecular weight is 297 g/mol. The van der Waals surface area contributed by atoms with E-state index >= 15 is 0 Å². The molecule has 0 heterocycles. The Bertz CT molecular complexity index is 658. The van der Waals surface area contributed by atoms with Gasteiger partial charge in [0, 0.05) is 12.1 Å². The molecule has 0 radical (unpaired) electrons. The number of carbonyl (C=O) groups is 1. The van der Waals surface area contributed by atoms with Crippen LogP contribution < -0.4 is 10.5 Å². The summed E-state index contributed by atoms with van der Waals surface area (Å²) in [4.78, 5) is 10.9. The molecule has 0 aliphatic rings. The first-order valence-electron chi connectivity index (χ1n) is 7.01. The van der Waals surface area contributed by atoms with Gasteiger partial charge in [-0.25, -0.2) is 0 Å². The van der Waals surface area contributed by atoms with E-state index in [1.807, 2.05) is 54.6 Å². The van der Waals surface area contributed by atoms with Gasteiger partial charge >= 0.3 is 5.97 Å². The zero-order valence-corrected chi connectivity index (χ0v) is 12.5. The lowest BCUT2D eigenvalue weighted by atomic mass is 9.98. The molecular formula is C18H19NO3. The number of nitrogen functional groups attached to an aromatic ring is 1. The standard InChI is InChI=1S/C18H19NO3/c1-22-17-9-2-13(3-10-17)12-15(6-11-18(20)21)14-4-7-16(19)8-5-14/h2-5,7-10,12H,6,11,19H2,1H3,(H,20,21). The molecule has 4 nitrogen and oxygen atoms in total. The summed E-state index contributed by atoms with van der Waals surface area (Å²) in [6, 6.07) is 15.1. The van der Waals surface area contributed by atoms with E-state index in [9.17, 15) is 4.79 Å². The molecule has 0 saturated heterocycles. The number of ether oxygens (including phenoxy) is 1. The van der Waals surface area contributed by atoms with Gasteiger partial charge in [-0.2, -0.15) is 0 Å². The maximum atomic E-state index is 10.9. The van der Waals surface area contributed by atoms with E-state index in [1.165, 1.54) is 0 Å². The van der Waals surface area contributed by atoms with Crippen LogP contribution in [-0.2, 0) is 4.79 Å². The van der Waals surface area contributed by atoms with E-state index < -0.39 is 5.97 Å². The Morgan fingerprint density at radius 3 is 2.27 bits per heavy atom. The molecule has 2 rings (SSSR count). The SMILES string of the molecule is COc1ccc(C=C(CCC(=O)O)c2ccc(N)cc2)cc1. The molecule has 0 aliphatic heterocycles. The van der Waals surface area contributed by atoms with Gasteiger partial charge in [0.05, 0.1) is 7.11 Å². The van der Waals surface area contributed by atoms with Gasteiger partial charge in [-0.05, 0) is 47.4 Å². The minimum Gasteiger partial charge on any atom is -0.497 e. The molecule has 0 atom stereocenters. The second-order valence-corrected chi connectivity index (χ2v) is 4.96. The predicted molar refractivity (Wildman–Crippen MR) is 88.6 cm³/mol. The van der Waals surface area contributed by atoms with E-state index in [4.69, 9.17) is 15.6 Å². The number of anilines is 1. The molecule has 3 N–H and O–H groups in total. The summed E-state index contributed by atoms with van der Waals surface area (Å²) in [5.41, 5.74) is 9.33. The highest BCUT2D eigenvalue weighted by molar-refractivity contribution is 5.83. The maximum absolute atomic E-state index is 10.9. The first kappa shape index (κ1) is 15.6. The molecule has 2 aromatic rings. The molecule has 114 valence electrons. The molecule has 4 heteroatoms. The van der Waals surface area contributed by atoms with Crippen LogP contribution in [-0.4, -0.2) is 18.2 Å². The van der Waals surface area contributed by atoms with Crippen LogP contribution in [0.5, 0.6) is 5.75 Å². The topological polar surface area (TPSA) is 72.5 Å². The minimum atomic E-state index is -0.809. The number of carboxylic acid groups (broad SMARTS) is 1. The first-order valence-corrected chi connectivity index (χ1v) is 7.01. The third-order valence-electron chi connectivity index (χ3n) is 3.35. The predicted octanol–water partition coefficient (Wildman–Crippen LogP) is 3.68. The monoisotopic (exact) mass is 297 g/mol. The zero-order chi connectivity index (χ0) is 15.9. The Kier molecular flexibility index (Phi) is 5.20. The summed E-state index contributed by atoms with van der Waals surface area (Å²) in [7, 11) is 1.62. The number of rotatable bonds is 6. The molecule has 0 aliphatic carbocycles. The number of benzene rings is 2. The summed E-state index contributed by atoms with van der Waals surface area (Å²) in [5.74, 6) is -0.0206. The van der Waals surface area contributed by atoms with E-state index in [2.05, 4.69) is 0 Å². The van der Waals surface area contributed by atoms with E-state index in [1.54, 1.807) is 7.11 Å². The van der Waals surface area contributed by atoms with Gasteiger partial charge in [0.2, 0.25) is 0 Å². The number of allylic oxidation sites excluding steroid dienone is 1. The number of hydrogen-bond donors (Lipinski definition) is 2. The van der Waals surface area contributed by atoms with Gasteiger partial charge < -0.3 is 15.6 Å². The minimum absolute atomic E-state index is 0.0896. The largest absolute Gasteiger partial charge is 0.497 e. The smallest absolute Gasteiger partial charge is 0.303 e. The molecule has 22 heavy (non-hydrogen) atoms. The van der Waals surface area contributed by atoms with Crippen molar-refractivity contribution in [1.29, 1.82) is 0 Å². The quantitative estimate of drug-likeness (QED) is 0.630. The number of nitrogens with two attached hydrogens (primary N) is 1. The Hall–Kier alpha value is -2.75. The summed E-state index contributed by atoms with van der Waals surface area (Å²) >= 11 is 0. The molecule has 0 spiro atoms. The molecule has 0 aromatic heterocycles. The molecule has 0 unspecified atom stereocenters. The van der Waals surface area contributed by atoms with Crippen molar-refractivity contribution in [2.75, 3.05) is 12.8 Å². The van der Waals surface area contributed by atoms with Gasteiger partial charge in [-0.15, -0.1) is 0 Å². The number of carboxylic acids is 1. The summed E-state index contributed by atoms with van der Waals surface area (Å²) < 4.78 is 5.14. The van der Waals surface area contributed by atoms with Gasteiger partial charge in [-0.3, -0.25) is 4.79 Å². The summed E-state index contributed by atoms with van der Waals surface area (Å²) in [6.45, 7) is 0. The second kappa shape index (κ2) is 7.31. The van der Waals surface area contributed by atoms with Crippen molar-refractivity contribution in [3.05, 3.63) is 59.7 Å². The van der Waals surface area contributed by atoms with Crippen molar-refractivity contribution in [1.82, 2.24) is 0 Å². The van der Waals surface area contributed by atoms with E-state index in [-0.39, 0.29) is 6.42 Å². The van der Waals surface area contributed by atoms with Crippen LogP contribution in [0.4, 0.5) is 5.69 Å². The van der Waals surface area contributed by atoms with Gasteiger partial charge in [0.15, 0.2) is 0 Å². The highest BCUT2D eigenvalue weighted by Gasteiger charge is 2.06. The lowest BCUT2D eigenvalue weighted by Crippen LogP contribution is -1.96. The summed E-state index contributed by atoms with van der Waals surface area (Å²) in [5, 5.41) is 8.92. The second-order valence-electron chi connectivity index (χ2n) is 4.96. The molecule has 0 fully saturated rings. The third kappa shape index (κ3) is 4.38. The van der Waals surface area contributed by atoms with Crippen LogP contribution in [0, 0.1) is 0 Å². The Balaban J connectivity index is 2.31. The van der Waals surface area contributed by atoms with Crippen molar-refractivity contribution in [2.24, 2.45) is 0 Å². The fourth-order valence-corrected chi connectivity index (χ4v) is 2.14. The molecule has 2 aromatic carbocycles. The Morgan fingerprint density at radius 1 is 1.09 bits per heavy atom. The molecule has 0 saturated carbocycles. The molecule has 0 amide bonds. The zero-order valence-electron chi connectivity index (χ0n) is 12.5. The maximum Gasteiger partial charge on any atom is 0.303 e. The van der Waals surface area contributed by atoms with Gasteiger partial charge in [0.25, 0.3) is 0 Å². The first-order chi connectivity index (χ1) is 10.6. The number of hydrogen-bond acceptors (Lipinski definition) is 3. The van der Waals surface area contributed by atoms with E-state index in [0.717, 1.165) is 22.4 Å². The Morgan fingerprint density at radius 2 is 1.73 bits per heavy atom. The van der Waals surface area contributed by atoms with Crippen LogP contribution in [0.2, 0.25) is 0 Å². The van der Waals surface area contributed by atoms with Crippen molar-refractivity contribution in [3.63, 3.8) is 0 Å². The van der Waals surface area contributed by atoms with Crippen LogP contribution in [0.3, 0.4) is 0 Å². The van der Waals surface area contributed by atoms with Crippen molar-refractivity contribution in [2.45, 2.75) is 12.8 Å². The third-order valence-corrected chi connectivity index (χ3v) is 3.35. The highest BCUT2D eigenvalue weighted by atomic mass is 16.5. The van der Waals surface area contributed by atoms with Gasteiger partial charge in [0.1, 0.15) is 5.75 Å². The number of methoxy groups -OCH3 is 1. The molecular weight excluding hydrogens is 278 g/mol. The van der Waals surface area contributed by atoms with Gasteiger partial charge in [-0.1, -0.05) is 30.3 Å². The lowest BCUT2D eigenvalue weighted by molar-refractivity contribution is -0.136. The average Bonchev–Trinajstić information content (AvgIpc) is 2.53. The lowest BCUT2D eigenvalue weighted by Gasteiger charge is -2.08. The fraction of sp³-hybridized carbons (Fsp3) is 0.167. The van der Waals surface area contributed by atoms with Crippen LogP contribution in [0.25, 0.3) is 11.6 Å². The Labute approximate surface area is 129 Å². The number of aliphatic carboxylic acids is 1. The summed E-state index contributed by atoms with van der Waals surface area (Å²) in [6.07, 6.45) is 2.55.